The maximum absolute atomic E-state index is 10.3. The van der Waals surface area contributed by atoms with Crippen molar-refractivity contribution in [3.05, 3.63) is 0 Å². The molecule has 0 saturated heterocycles. The molecule has 0 radical (unpaired) electrons. The van der Waals surface area contributed by atoms with Crippen LogP contribution in [0.15, 0.2) is 0 Å². The first kappa shape index (κ1) is 36.3. The van der Waals surface area contributed by atoms with Crippen LogP contribution in [-0.2, 0) is 28.4 Å². The molecule has 0 unspecified atom stereocenters. The molecule has 0 aliphatic rings. The van der Waals surface area contributed by atoms with Gasteiger partial charge in [0.05, 0.1) is 66.1 Å². The Bertz CT molecular complexity index is 253. The second-order valence-electron chi connectivity index (χ2n) is 6.20. The quantitative estimate of drug-likeness (QED) is 0.0994. The Morgan fingerprint density at radius 1 is 0.300 bits per heavy atom. The van der Waals surface area contributed by atoms with Crippen molar-refractivity contribution in [2.24, 2.45) is 0 Å². The van der Waals surface area contributed by atoms with Crippen molar-refractivity contribution in [3.63, 3.8) is 0 Å². The van der Waals surface area contributed by atoms with Crippen LogP contribution >= 0.6 is 0 Å². The molecule has 0 heterocycles. The molecule has 30 heavy (non-hydrogen) atoms. The van der Waals surface area contributed by atoms with Crippen LogP contribution in [0.4, 0.5) is 0 Å². The molecule has 0 atom stereocenters. The predicted octanol–water partition coefficient (Wildman–Crippen LogP) is -5.84. The second kappa shape index (κ2) is 35.3. The van der Waals surface area contributed by atoms with Gasteiger partial charge in [-0.2, -0.15) is 0 Å². The van der Waals surface area contributed by atoms with Crippen molar-refractivity contribution in [2.45, 2.75) is 38.5 Å². The summed E-state index contributed by atoms with van der Waals surface area (Å²) in [5.41, 5.74) is 0. The minimum Gasteiger partial charge on any atom is -0.854 e. The zero-order chi connectivity index (χ0) is 20.4. The van der Waals surface area contributed by atoms with E-state index in [4.69, 9.17) is 28.4 Å². The molecular formula is C20H40Na2O8. The first-order valence-electron chi connectivity index (χ1n) is 10.5. The number of rotatable bonds is 25. The Balaban J connectivity index is -0.00000364. The zero-order valence-electron chi connectivity index (χ0n) is 19.4. The molecule has 0 amide bonds. The third-order valence-corrected chi connectivity index (χ3v) is 3.77. The van der Waals surface area contributed by atoms with Crippen molar-refractivity contribution < 1.29 is 97.7 Å². The molecule has 10 heteroatoms. The van der Waals surface area contributed by atoms with Crippen LogP contribution in [0.5, 0.6) is 0 Å². The summed E-state index contributed by atoms with van der Waals surface area (Å²) < 4.78 is 32.0. The van der Waals surface area contributed by atoms with Crippen LogP contribution in [-0.4, -0.2) is 92.5 Å². The van der Waals surface area contributed by atoms with E-state index in [1.165, 1.54) is 12.8 Å². The second-order valence-corrected chi connectivity index (χ2v) is 6.20. The molecule has 0 bridgehead atoms. The summed E-state index contributed by atoms with van der Waals surface area (Å²) in [4.78, 5) is 0. The van der Waals surface area contributed by atoms with Gasteiger partial charge < -0.3 is 38.6 Å². The van der Waals surface area contributed by atoms with E-state index in [1.807, 2.05) is 0 Å². The Labute approximate surface area is 227 Å². The fourth-order valence-corrected chi connectivity index (χ4v) is 2.27. The first-order chi connectivity index (χ1) is 13.9. The van der Waals surface area contributed by atoms with Crippen molar-refractivity contribution in [1.29, 1.82) is 0 Å². The van der Waals surface area contributed by atoms with Gasteiger partial charge in [-0.1, -0.05) is 32.1 Å². The van der Waals surface area contributed by atoms with Gasteiger partial charge in [0.2, 0.25) is 0 Å². The minimum absolute atomic E-state index is 0. The average molecular weight is 455 g/mol. The van der Waals surface area contributed by atoms with Crippen molar-refractivity contribution >= 4 is 0 Å². The maximum atomic E-state index is 10.3. The summed E-state index contributed by atoms with van der Waals surface area (Å²) >= 11 is 0. The minimum atomic E-state index is -0.214. The zero-order valence-corrected chi connectivity index (χ0v) is 23.4. The van der Waals surface area contributed by atoms with Gasteiger partial charge in [-0.05, 0) is 6.42 Å². The normalized spacial score (nSPS) is 10.6. The number of ether oxygens (including phenoxy) is 6. The van der Waals surface area contributed by atoms with E-state index < -0.39 is 0 Å². The monoisotopic (exact) mass is 454 g/mol. The van der Waals surface area contributed by atoms with Crippen molar-refractivity contribution in [1.82, 2.24) is 0 Å². The van der Waals surface area contributed by atoms with E-state index in [0.29, 0.717) is 66.1 Å². The average Bonchev–Trinajstić information content (AvgIpc) is 2.71. The van der Waals surface area contributed by atoms with E-state index in [-0.39, 0.29) is 78.9 Å². The molecule has 0 fully saturated rings. The molecule has 8 nitrogen and oxygen atoms in total. The van der Waals surface area contributed by atoms with E-state index >= 15 is 0 Å². The number of unbranched alkanes of at least 4 members (excludes halogenated alkanes) is 5. The Kier molecular flexibility index (Phi) is 42.6. The summed E-state index contributed by atoms with van der Waals surface area (Å²) in [7, 11) is 0. The molecule has 0 aliphatic heterocycles. The maximum Gasteiger partial charge on any atom is 1.00 e. The number of hydrogen-bond acceptors (Lipinski definition) is 8. The third-order valence-electron chi connectivity index (χ3n) is 3.77. The molecule has 0 aromatic carbocycles. The van der Waals surface area contributed by atoms with Crippen molar-refractivity contribution in [2.75, 3.05) is 92.5 Å². The molecular weight excluding hydrogens is 414 g/mol. The Morgan fingerprint density at radius 3 is 0.967 bits per heavy atom. The van der Waals surface area contributed by atoms with Crippen LogP contribution in [0.25, 0.3) is 0 Å². The third kappa shape index (κ3) is 34.3. The molecule has 0 spiro atoms. The topological polar surface area (TPSA) is 102 Å². The smallest absolute Gasteiger partial charge is 0.854 e. The molecule has 0 N–H and O–H groups in total. The van der Waals surface area contributed by atoms with E-state index in [2.05, 4.69) is 0 Å². The van der Waals surface area contributed by atoms with E-state index in [0.717, 1.165) is 32.3 Å². The molecule has 0 saturated carbocycles. The van der Waals surface area contributed by atoms with Gasteiger partial charge in [0.15, 0.2) is 0 Å². The first-order valence-corrected chi connectivity index (χ1v) is 10.5. The standard InChI is InChI=1S/C20H40O8.2Na/c21-7-5-3-1-2-4-6-9-23-11-13-25-15-17-27-19-20-28-18-16-26-14-12-24-10-8-22;;/h1-20H2;;/q-2;2*+1. The molecule has 0 rings (SSSR count). The fourth-order valence-electron chi connectivity index (χ4n) is 2.27. The molecule has 170 valence electrons. The fraction of sp³-hybridized carbons (Fsp3) is 1.00. The van der Waals surface area contributed by atoms with Crippen LogP contribution in [0.1, 0.15) is 38.5 Å². The van der Waals surface area contributed by atoms with Gasteiger partial charge in [0, 0.05) is 13.2 Å². The van der Waals surface area contributed by atoms with Crippen LogP contribution in [0.3, 0.4) is 0 Å². The van der Waals surface area contributed by atoms with E-state index in [9.17, 15) is 10.2 Å². The van der Waals surface area contributed by atoms with Gasteiger partial charge in [-0.15, -0.1) is 13.2 Å². The van der Waals surface area contributed by atoms with Crippen molar-refractivity contribution in [3.8, 4) is 0 Å². The van der Waals surface area contributed by atoms with Gasteiger partial charge in [-0.25, -0.2) is 0 Å². The summed E-state index contributed by atoms with van der Waals surface area (Å²) in [6.45, 7) is 6.13. The molecule has 0 aliphatic carbocycles. The Morgan fingerprint density at radius 2 is 0.600 bits per heavy atom. The van der Waals surface area contributed by atoms with Gasteiger partial charge >= 0.3 is 59.1 Å². The Hall–Kier alpha value is 1.68. The predicted molar refractivity (Wildman–Crippen MR) is 102 cm³/mol. The SMILES string of the molecule is [Na+].[Na+].[O-]CCCCCCCCOCCOCCOCCOCCOCCOCC[O-]. The van der Waals surface area contributed by atoms with Crippen LogP contribution in [0, 0.1) is 0 Å². The van der Waals surface area contributed by atoms with E-state index in [1.54, 1.807) is 0 Å². The largest absolute Gasteiger partial charge is 1.00 e. The van der Waals surface area contributed by atoms with Crippen LogP contribution in [0.2, 0.25) is 0 Å². The number of hydrogen-bond donors (Lipinski definition) is 0. The summed E-state index contributed by atoms with van der Waals surface area (Å²) in [5.74, 6) is 0. The molecule has 0 aromatic heterocycles. The summed E-state index contributed by atoms with van der Waals surface area (Å²) in [6.07, 6.45) is 6.44. The molecule has 0 aromatic rings. The van der Waals surface area contributed by atoms with Gasteiger partial charge in [0.1, 0.15) is 0 Å². The van der Waals surface area contributed by atoms with Crippen LogP contribution < -0.4 is 69.3 Å². The van der Waals surface area contributed by atoms with Gasteiger partial charge in [-0.3, -0.25) is 0 Å². The summed E-state index contributed by atoms with van der Waals surface area (Å²) in [6, 6.07) is 0. The summed E-state index contributed by atoms with van der Waals surface area (Å²) in [5, 5.41) is 20.4. The van der Waals surface area contributed by atoms with Gasteiger partial charge in [0.25, 0.3) is 0 Å².